The first kappa shape index (κ1) is 15.6. The number of rotatable bonds is 6. The summed E-state index contributed by atoms with van der Waals surface area (Å²) < 4.78 is 5.11. The Morgan fingerprint density at radius 1 is 1.00 bits per heavy atom. The van der Waals surface area contributed by atoms with Gasteiger partial charge in [-0.1, -0.05) is 30.3 Å². The zero-order valence-corrected chi connectivity index (χ0v) is 12.0. The topological polar surface area (TPSA) is 75.6 Å². The van der Waals surface area contributed by atoms with E-state index in [0.29, 0.717) is 5.56 Å². The van der Waals surface area contributed by atoms with Gasteiger partial charge in [-0.05, 0) is 29.8 Å². The molecule has 0 atom stereocenters. The lowest BCUT2D eigenvalue weighted by molar-refractivity contribution is -0.144. The number of phenolic OH excluding ortho intramolecular Hbond substituents is 1. The molecule has 0 fully saturated rings. The van der Waals surface area contributed by atoms with Gasteiger partial charge in [0.15, 0.2) is 0 Å². The van der Waals surface area contributed by atoms with Crippen LogP contribution in [0.3, 0.4) is 0 Å². The van der Waals surface area contributed by atoms with Crippen LogP contribution in [0.2, 0.25) is 0 Å². The van der Waals surface area contributed by atoms with Gasteiger partial charge in [-0.25, -0.2) is 0 Å². The Morgan fingerprint density at radius 3 is 2.36 bits per heavy atom. The molecule has 2 N–H and O–H groups in total. The number of esters is 1. The third-order valence-electron chi connectivity index (χ3n) is 2.99. The van der Waals surface area contributed by atoms with Crippen molar-refractivity contribution < 1.29 is 19.4 Å². The molecule has 2 aromatic rings. The van der Waals surface area contributed by atoms with Crippen molar-refractivity contribution in [2.45, 2.75) is 13.0 Å². The van der Waals surface area contributed by atoms with Gasteiger partial charge in [0.25, 0.3) is 5.91 Å². The van der Waals surface area contributed by atoms with Crippen molar-refractivity contribution in [1.29, 1.82) is 0 Å². The van der Waals surface area contributed by atoms with E-state index in [9.17, 15) is 9.59 Å². The van der Waals surface area contributed by atoms with Crippen LogP contribution in [0.5, 0.6) is 5.75 Å². The fourth-order valence-corrected chi connectivity index (χ4v) is 1.80. The largest absolute Gasteiger partial charge is 0.508 e. The number of amides is 1. The van der Waals surface area contributed by atoms with Gasteiger partial charge in [0.2, 0.25) is 0 Å². The molecule has 5 heteroatoms. The van der Waals surface area contributed by atoms with Gasteiger partial charge in [0, 0.05) is 12.1 Å². The molecule has 1 amide bonds. The molecule has 0 saturated carbocycles. The third-order valence-corrected chi connectivity index (χ3v) is 2.99. The first-order valence-corrected chi connectivity index (χ1v) is 6.92. The Balaban J connectivity index is 1.68. The van der Waals surface area contributed by atoms with Gasteiger partial charge in [-0.3, -0.25) is 9.59 Å². The Kier molecular flexibility index (Phi) is 5.54. The summed E-state index contributed by atoms with van der Waals surface area (Å²) >= 11 is 0. The predicted molar refractivity (Wildman–Crippen MR) is 81.3 cm³/mol. The average molecular weight is 299 g/mol. The summed E-state index contributed by atoms with van der Waals surface area (Å²) in [6, 6.07) is 15.3. The number of ether oxygens (including phenoxy) is 1. The van der Waals surface area contributed by atoms with Gasteiger partial charge in [0.05, 0.1) is 6.42 Å². The number of nitrogens with one attached hydrogen (secondary N) is 1. The molecular weight excluding hydrogens is 282 g/mol. The lowest BCUT2D eigenvalue weighted by Gasteiger charge is -2.06. The van der Waals surface area contributed by atoms with Gasteiger partial charge in [0.1, 0.15) is 12.4 Å². The van der Waals surface area contributed by atoms with Crippen LogP contribution in [0.1, 0.15) is 22.3 Å². The molecule has 0 saturated heterocycles. The predicted octanol–water partition coefficient (Wildman–Crippen LogP) is 2.26. The highest BCUT2D eigenvalue weighted by atomic mass is 16.5. The molecule has 0 aliphatic carbocycles. The quantitative estimate of drug-likeness (QED) is 0.802. The van der Waals surface area contributed by atoms with E-state index in [2.05, 4.69) is 5.32 Å². The van der Waals surface area contributed by atoms with E-state index in [1.54, 1.807) is 0 Å². The molecule has 22 heavy (non-hydrogen) atoms. The summed E-state index contributed by atoms with van der Waals surface area (Å²) in [5, 5.41) is 11.8. The Bertz CT molecular complexity index is 623. The minimum absolute atomic E-state index is 0.0982. The fourth-order valence-electron chi connectivity index (χ4n) is 1.80. The molecule has 0 aliphatic heterocycles. The molecule has 2 rings (SSSR count). The van der Waals surface area contributed by atoms with E-state index in [1.807, 2.05) is 30.3 Å². The zero-order chi connectivity index (χ0) is 15.8. The van der Waals surface area contributed by atoms with E-state index in [-0.39, 0.29) is 37.2 Å². The maximum atomic E-state index is 11.8. The SMILES string of the molecule is O=C(CCNC(=O)c1ccc(O)cc1)OCc1ccccc1. The highest BCUT2D eigenvalue weighted by Crippen LogP contribution is 2.09. The van der Waals surface area contributed by atoms with Gasteiger partial charge in [-0.15, -0.1) is 0 Å². The number of benzene rings is 2. The molecule has 5 nitrogen and oxygen atoms in total. The van der Waals surface area contributed by atoms with Crippen molar-refractivity contribution in [2.24, 2.45) is 0 Å². The fraction of sp³-hybridized carbons (Fsp3) is 0.176. The first-order valence-electron chi connectivity index (χ1n) is 6.92. The molecule has 2 aromatic carbocycles. The molecular formula is C17H17NO4. The molecule has 0 radical (unpaired) electrons. The zero-order valence-electron chi connectivity index (χ0n) is 12.0. The van der Waals surface area contributed by atoms with Crippen LogP contribution in [-0.2, 0) is 16.1 Å². The minimum atomic E-state index is -0.366. The number of hydrogen-bond donors (Lipinski definition) is 2. The highest BCUT2D eigenvalue weighted by molar-refractivity contribution is 5.94. The number of carbonyl (C=O) groups excluding carboxylic acids is 2. The molecule has 0 aliphatic rings. The average Bonchev–Trinajstić information content (AvgIpc) is 2.54. The van der Waals surface area contributed by atoms with Crippen LogP contribution in [0, 0.1) is 0 Å². The maximum absolute atomic E-state index is 11.8. The van der Waals surface area contributed by atoms with Gasteiger partial charge in [-0.2, -0.15) is 0 Å². The normalized spacial score (nSPS) is 10.0. The van der Waals surface area contributed by atoms with E-state index in [0.717, 1.165) is 5.56 Å². The van der Waals surface area contributed by atoms with Crippen LogP contribution in [0.4, 0.5) is 0 Å². The van der Waals surface area contributed by atoms with Crippen molar-refractivity contribution in [2.75, 3.05) is 6.54 Å². The molecule has 0 unspecified atom stereocenters. The summed E-state index contributed by atoms with van der Waals surface area (Å²) in [5.41, 5.74) is 1.35. The van der Waals surface area contributed by atoms with Crippen LogP contribution in [0.15, 0.2) is 54.6 Å². The number of phenols is 1. The van der Waals surface area contributed by atoms with Crippen molar-refractivity contribution in [3.05, 3.63) is 65.7 Å². The van der Waals surface area contributed by atoms with Crippen molar-refractivity contribution in [1.82, 2.24) is 5.32 Å². The summed E-state index contributed by atoms with van der Waals surface area (Å²) in [6.45, 7) is 0.429. The third kappa shape index (κ3) is 4.94. The Hall–Kier alpha value is -2.82. The van der Waals surface area contributed by atoms with Crippen molar-refractivity contribution >= 4 is 11.9 Å². The minimum Gasteiger partial charge on any atom is -0.508 e. The lowest BCUT2D eigenvalue weighted by Crippen LogP contribution is -2.26. The monoisotopic (exact) mass is 299 g/mol. The van der Waals surface area contributed by atoms with Gasteiger partial charge >= 0.3 is 5.97 Å². The highest BCUT2D eigenvalue weighted by Gasteiger charge is 2.07. The second kappa shape index (κ2) is 7.83. The van der Waals surface area contributed by atoms with Crippen molar-refractivity contribution in [3.63, 3.8) is 0 Å². The molecule has 0 bridgehead atoms. The van der Waals surface area contributed by atoms with Crippen LogP contribution in [-0.4, -0.2) is 23.5 Å². The standard InChI is InChI=1S/C17H17NO4/c19-15-8-6-14(7-9-15)17(21)18-11-10-16(20)22-12-13-4-2-1-3-5-13/h1-9,19H,10-12H2,(H,18,21). The lowest BCUT2D eigenvalue weighted by atomic mass is 10.2. The van der Waals surface area contributed by atoms with Crippen molar-refractivity contribution in [3.8, 4) is 5.75 Å². The number of carbonyl (C=O) groups is 2. The van der Waals surface area contributed by atoms with E-state index in [4.69, 9.17) is 9.84 Å². The van der Waals surface area contributed by atoms with Crippen LogP contribution in [0.25, 0.3) is 0 Å². The van der Waals surface area contributed by atoms with E-state index >= 15 is 0 Å². The Labute approximate surface area is 128 Å². The molecule has 114 valence electrons. The molecule has 0 aromatic heterocycles. The van der Waals surface area contributed by atoms with E-state index < -0.39 is 0 Å². The summed E-state index contributed by atoms with van der Waals surface area (Å²) in [4.78, 5) is 23.3. The van der Waals surface area contributed by atoms with E-state index in [1.165, 1.54) is 24.3 Å². The smallest absolute Gasteiger partial charge is 0.307 e. The summed E-state index contributed by atoms with van der Waals surface area (Å²) in [5.74, 6) is -0.563. The number of hydrogen-bond acceptors (Lipinski definition) is 4. The second-order valence-corrected chi connectivity index (χ2v) is 4.70. The maximum Gasteiger partial charge on any atom is 0.307 e. The summed E-state index contributed by atoms with van der Waals surface area (Å²) in [6.07, 6.45) is 0.108. The summed E-state index contributed by atoms with van der Waals surface area (Å²) in [7, 11) is 0. The molecule has 0 spiro atoms. The van der Waals surface area contributed by atoms with Crippen LogP contribution >= 0.6 is 0 Å². The first-order chi connectivity index (χ1) is 10.6. The second-order valence-electron chi connectivity index (χ2n) is 4.70. The van der Waals surface area contributed by atoms with Gasteiger partial charge < -0.3 is 15.2 Å². The number of aromatic hydroxyl groups is 1. The Morgan fingerprint density at radius 2 is 1.68 bits per heavy atom. The molecule has 0 heterocycles. The van der Waals surface area contributed by atoms with Crippen LogP contribution < -0.4 is 5.32 Å².